The summed E-state index contributed by atoms with van der Waals surface area (Å²) in [5.74, 6) is 1.26. The molecule has 0 aliphatic heterocycles. The number of nitrogens with two attached hydrogens (primary N) is 1. The minimum Gasteiger partial charge on any atom is -0.496 e. The summed E-state index contributed by atoms with van der Waals surface area (Å²) in [6.07, 6.45) is 3.22. The van der Waals surface area contributed by atoms with Crippen LogP contribution in [-0.4, -0.2) is 36.7 Å². The number of fused-ring (bicyclic) bond motifs is 3. The maximum Gasteiger partial charge on any atom is 0.190 e. The molecule has 0 spiro atoms. The summed E-state index contributed by atoms with van der Waals surface area (Å²) in [5.41, 5.74) is 9.20. The number of rotatable bonds is 2. The van der Waals surface area contributed by atoms with E-state index in [1.54, 1.807) is 36.3 Å². The Morgan fingerprint density at radius 3 is 3.00 bits per heavy atom. The van der Waals surface area contributed by atoms with Crippen LogP contribution in [0, 0.1) is 0 Å². The van der Waals surface area contributed by atoms with Gasteiger partial charge in [0.05, 0.1) is 19.0 Å². The summed E-state index contributed by atoms with van der Waals surface area (Å²) < 4.78 is 7.16. The van der Waals surface area contributed by atoms with Gasteiger partial charge in [0.15, 0.2) is 17.1 Å². The van der Waals surface area contributed by atoms with Crippen LogP contribution in [0.25, 0.3) is 28.2 Å². The molecule has 0 amide bonds. The van der Waals surface area contributed by atoms with Gasteiger partial charge in [-0.25, -0.2) is 9.97 Å². The molecule has 0 saturated carbocycles. The topological polar surface area (TPSA) is 107 Å². The Kier molecular flexibility index (Phi) is 2.31. The van der Waals surface area contributed by atoms with Crippen molar-refractivity contribution < 1.29 is 4.74 Å². The van der Waals surface area contributed by atoms with Gasteiger partial charge in [-0.1, -0.05) is 0 Å². The molecule has 3 N–H and O–H groups in total. The summed E-state index contributed by atoms with van der Waals surface area (Å²) in [4.78, 5) is 11.4. The number of aromatic amines is 1. The van der Waals surface area contributed by atoms with E-state index in [-0.39, 0.29) is 0 Å². The molecule has 21 heavy (non-hydrogen) atoms. The van der Waals surface area contributed by atoms with E-state index in [4.69, 9.17) is 10.5 Å². The van der Waals surface area contributed by atoms with Gasteiger partial charge in [0.1, 0.15) is 17.6 Å². The van der Waals surface area contributed by atoms with E-state index in [2.05, 4.69) is 25.1 Å². The van der Waals surface area contributed by atoms with Gasteiger partial charge in [-0.05, 0) is 12.1 Å². The molecule has 0 aliphatic carbocycles. The average Bonchev–Trinajstić information content (AvgIpc) is 3.12. The van der Waals surface area contributed by atoms with Gasteiger partial charge in [0.2, 0.25) is 0 Å². The SMILES string of the molecule is COc1cc(N)ccc1-c1nnc2c3[nH]cnc3ncn12. The second-order valence-electron chi connectivity index (χ2n) is 4.52. The van der Waals surface area contributed by atoms with E-state index in [9.17, 15) is 0 Å². The van der Waals surface area contributed by atoms with Crippen LogP contribution in [0.2, 0.25) is 0 Å². The summed E-state index contributed by atoms with van der Waals surface area (Å²) in [6.45, 7) is 0. The normalized spacial score (nSPS) is 11.3. The van der Waals surface area contributed by atoms with Crippen molar-refractivity contribution >= 4 is 22.5 Å². The third kappa shape index (κ3) is 1.62. The molecular weight excluding hydrogens is 270 g/mol. The van der Waals surface area contributed by atoms with Crippen molar-refractivity contribution in [1.82, 2.24) is 29.5 Å². The predicted molar refractivity (Wildman–Crippen MR) is 76.8 cm³/mol. The van der Waals surface area contributed by atoms with Crippen molar-refractivity contribution in [3.8, 4) is 17.1 Å². The molecule has 0 saturated heterocycles. The highest BCUT2D eigenvalue weighted by molar-refractivity contribution is 5.86. The number of methoxy groups -OCH3 is 1. The lowest BCUT2D eigenvalue weighted by atomic mass is 10.1. The van der Waals surface area contributed by atoms with E-state index in [1.807, 2.05) is 6.07 Å². The zero-order valence-electron chi connectivity index (χ0n) is 11.1. The number of anilines is 1. The van der Waals surface area contributed by atoms with Gasteiger partial charge in [-0.15, -0.1) is 10.2 Å². The highest BCUT2D eigenvalue weighted by atomic mass is 16.5. The fourth-order valence-electron chi connectivity index (χ4n) is 2.31. The summed E-state index contributed by atoms with van der Waals surface area (Å²) in [7, 11) is 1.59. The van der Waals surface area contributed by atoms with Crippen LogP contribution in [0.3, 0.4) is 0 Å². The van der Waals surface area contributed by atoms with E-state index in [1.165, 1.54) is 0 Å². The highest BCUT2D eigenvalue weighted by Crippen LogP contribution is 2.31. The zero-order valence-corrected chi connectivity index (χ0v) is 11.1. The maximum atomic E-state index is 5.78. The van der Waals surface area contributed by atoms with Crippen molar-refractivity contribution in [2.45, 2.75) is 0 Å². The minimum atomic E-state index is 0.603. The highest BCUT2D eigenvalue weighted by Gasteiger charge is 2.16. The van der Waals surface area contributed by atoms with Crippen LogP contribution in [0.15, 0.2) is 30.9 Å². The average molecular weight is 281 g/mol. The maximum absolute atomic E-state index is 5.78. The number of benzene rings is 1. The van der Waals surface area contributed by atoms with Crippen LogP contribution >= 0.6 is 0 Å². The Morgan fingerprint density at radius 1 is 1.24 bits per heavy atom. The predicted octanol–water partition coefficient (Wildman–Crippen LogP) is 1.26. The summed E-state index contributed by atoms with van der Waals surface area (Å²) >= 11 is 0. The summed E-state index contributed by atoms with van der Waals surface area (Å²) in [6, 6.07) is 5.39. The molecule has 0 fully saturated rings. The third-order valence-electron chi connectivity index (χ3n) is 3.30. The smallest absolute Gasteiger partial charge is 0.190 e. The number of imidazole rings is 1. The second-order valence-corrected chi connectivity index (χ2v) is 4.52. The fourth-order valence-corrected chi connectivity index (χ4v) is 2.31. The van der Waals surface area contributed by atoms with E-state index in [0.29, 0.717) is 28.6 Å². The number of H-pyrrole nitrogens is 1. The van der Waals surface area contributed by atoms with Crippen LogP contribution in [0.4, 0.5) is 5.69 Å². The zero-order chi connectivity index (χ0) is 14.4. The first-order valence-corrected chi connectivity index (χ1v) is 6.24. The van der Waals surface area contributed by atoms with Crippen LogP contribution in [0.1, 0.15) is 0 Å². The number of ether oxygens (including phenoxy) is 1. The molecule has 104 valence electrons. The Balaban J connectivity index is 2.03. The minimum absolute atomic E-state index is 0.603. The Hall–Kier alpha value is -3.16. The summed E-state index contributed by atoms with van der Waals surface area (Å²) in [5, 5.41) is 8.45. The first kappa shape index (κ1) is 11.6. The Morgan fingerprint density at radius 2 is 2.14 bits per heavy atom. The molecule has 4 aromatic rings. The van der Waals surface area contributed by atoms with Crippen molar-refractivity contribution in [2.24, 2.45) is 0 Å². The quantitative estimate of drug-likeness (QED) is 0.536. The van der Waals surface area contributed by atoms with Gasteiger partial charge >= 0.3 is 0 Å². The van der Waals surface area contributed by atoms with Crippen molar-refractivity contribution in [1.29, 1.82) is 0 Å². The number of aromatic nitrogens is 6. The van der Waals surface area contributed by atoms with Gasteiger partial charge in [-0.2, -0.15) is 0 Å². The second kappa shape index (κ2) is 4.17. The molecule has 0 bridgehead atoms. The van der Waals surface area contributed by atoms with Gasteiger partial charge in [-0.3, -0.25) is 4.40 Å². The molecule has 3 heterocycles. The first-order valence-electron chi connectivity index (χ1n) is 6.24. The number of hydrogen-bond acceptors (Lipinski definition) is 6. The molecule has 8 heteroatoms. The molecular formula is C13H11N7O. The molecule has 0 radical (unpaired) electrons. The van der Waals surface area contributed by atoms with Crippen molar-refractivity contribution in [3.05, 3.63) is 30.9 Å². The van der Waals surface area contributed by atoms with Crippen molar-refractivity contribution in [2.75, 3.05) is 12.8 Å². The van der Waals surface area contributed by atoms with Gasteiger partial charge in [0, 0.05) is 11.8 Å². The molecule has 1 aromatic carbocycles. The number of hydrogen-bond donors (Lipinski definition) is 2. The number of nitrogens with zero attached hydrogens (tertiary/aromatic N) is 5. The fraction of sp³-hybridized carbons (Fsp3) is 0.0769. The monoisotopic (exact) mass is 281 g/mol. The largest absolute Gasteiger partial charge is 0.496 e. The van der Waals surface area contributed by atoms with Crippen LogP contribution < -0.4 is 10.5 Å². The molecule has 0 unspecified atom stereocenters. The lowest BCUT2D eigenvalue weighted by Gasteiger charge is -2.07. The lowest BCUT2D eigenvalue weighted by Crippen LogP contribution is -1.96. The first-order chi connectivity index (χ1) is 10.3. The Labute approximate surface area is 118 Å². The number of nitrogens with one attached hydrogen (secondary N) is 1. The third-order valence-corrected chi connectivity index (χ3v) is 3.30. The van der Waals surface area contributed by atoms with Crippen molar-refractivity contribution in [3.63, 3.8) is 0 Å². The van der Waals surface area contributed by atoms with Gasteiger partial charge < -0.3 is 15.5 Å². The lowest BCUT2D eigenvalue weighted by molar-refractivity contribution is 0.416. The molecule has 0 aliphatic rings. The van der Waals surface area contributed by atoms with Gasteiger partial charge in [0.25, 0.3) is 0 Å². The Bertz CT molecular complexity index is 956. The standard InChI is InChI=1S/C13H11N7O/c1-21-9-4-7(14)2-3-8(9)12-18-19-13-10-11(16-5-15-10)17-6-20(12)13/h2-6H,14H2,1H3,(H,15,16). The molecule has 3 aromatic heterocycles. The van der Waals surface area contributed by atoms with E-state index < -0.39 is 0 Å². The number of nitrogen functional groups attached to an aromatic ring is 1. The van der Waals surface area contributed by atoms with E-state index >= 15 is 0 Å². The molecule has 4 rings (SSSR count). The van der Waals surface area contributed by atoms with Crippen LogP contribution in [0.5, 0.6) is 5.75 Å². The van der Waals surface area contributed by atoms with E-state index in [0.717, 1.165) is 11.1 Å². The molecule has 8 nitrogen and oxygen atoms in total. The van der Waals surface area contributed by atoms with Crippen LogP contribution in [-0.2, 0) is 0 Å². The molecule has 0 atom stereocenters.